The molecule has 2 N–H and O–H groups in total. The normalized spacial score (nSPS) is 12.8. The van der Waals surface area contributed by atoms with E-state index in [0.717, 1.165) is 12.1 Å². The van der Waals surface area contributed by atoms with Gasteiger partial charge in [-0.1, -0.05) is 31.9 Å². The monoisotopic (exact) mass is 338 g/mol. The zero-order valence-electron chi connectivity index (χ0n) is 14.3. The van der Waals surface area contributed by atoms with E-state index in [1.807, 2.05) is 12.1 Å². The number of carbonyl (C=O) groups is 2. The largest absolute Gasteiger partial charge is 0.482 e. The standard InChI is InChI=1S/C20H22N2O3/c1-2-3-4-5-14-6-9-16(10-7-14)21-20(24)15-8-11-17-18(12-15)25-13-19(23)22-17/h6-12H,2-5,13H2,1H3,(H,21,24)(H,22,23). The van der Waals surface area contributed by atoms with Crippen molar-refractivity contribution in [1.82, 2.24) is 0 Å². The quantitative estimate of drug-likeness (QED) is 0.782. The number of hydrogen-bond acceptors (Lipinski definition) is 3. The molecule has 1 aliphatic heterocycles. The van der Waals surface area contributed by atoms with Gasteiger partial charge in [-0.25, -0.2) is 0 Å². The lowest BCUT2D eigenvalue weighted by Gasteiger charge is -2.18. The number of carbonyl (C=O) groups excluding carboxylic acids is 2. The van der Waals surface area contributed by atoms with Crippen LogP contribution in [0.2, 0.25) is 0 Å². The third-order valence-corrected chi connectivity index (χ3v) is 4.16. The summed E-state index contributed by atoms with van der Waals surface area (Å²) in [6, 6.07) is 12.9. The van der Waals surface area contributed by atoms with Crippen LogP contribution in [-0.2, 0) is 11.2 Å². The van der Waals surface area contributed by atoms with Crippen LogP contribution in [0.3, 0.4) is 0 Å². The third-order valence-electron chi connectivity index (χ3n) is 4.16. The molecule has 3 rings (SSSR count). The lowest BCUT2D eigenvalue weighted by Crippen LogP contribution is -2.25. The molecule has 0 spiro atoms. The number of hydrogen-bond donors (Lipinski definition) is 2. The molecule has 0 radical (unpaired) electrons. The van der Waals surface area contributed by atoms with Gasteiger partial charge in [0, 0.05) is 11.3 Å². The molecular formula is C20H22N2O3. The topological polar surface area (TPSA) is 67.4 Å². The summed E-state index contributed by atoms with van der Waals surface area (Å²) in [7, 11) is 0. The number of ether oxygens (including phenoxy) is 1. The number of fused-ring (bicyclic) bond motifs is 1. The maximum absolute atomic E-state index is 12.4. The van der Waals surface area contributed by atoms with E-state index in [1.54, 1.807) is 18.2 Å². The van der Waals surface area contributed by atoms with Crippen molar-refractivity contribution >= 4 is 23.2 Å². The highest BCUT2D eigenvalue weighted by atomic mass is 16.5. The van der Waals surface area contributed by atoms with E-state index in [-0.39, 0.29) is 18.4 Å². The summed E-state index contributed by atoms with van der Waals surface area (Å²) < 4.78 is 5.35. The van der Waals surface area contributed by atoms with Crippen LogP contribution < -0.4 is 15.4 Å². The Balaban J connectivity index is 1.63. The van der Waals surface area contributed by atoms with Gasteiger partial charge in [0.2, 0.25) is 0 Å². The highest BCUT2D eigenvalue weighted by Gasteiger charge is 2.17. The van der Waals surface area contributed by atoms with E-state index < -0.39 is 0 Å². The van der Waals surface area contributed by atoms with Crippen LogP contribution in [0.1, 0.15) is 42.1 Å². The van der Waals surface area contributed by atoms with Gasteiger partial charge in [0.1, 0.15) is 5.75 Å². The molecule has 25 heavy (non-hydrogen) atoms. The van der Waals surface area contributed by atoms with Crippen molar-refractivity contribution in [2.24, 2.45) is 0 Å². The molecule has 5 heteroatoms. The highest BCUT2D eigenvalue weighted by Crippen LogP contribution is 2.28. The van der Waals surface area contributed by atoms with Gasteiger partial charge in [0.15, 0.2) is 6.61 Å². The molecule has 0 aromatic heterocycles. The Morgan fingerprint density at radius 3 is 2.72 bits per heavy atom. The predicted molar refractivity (Wildman–Crippen MR) is 98.2 cm³/mol. The molecule has 1 heterocycles. The summed E-state index contributed by atoms with van der Waals surface area (Å²) in [5.74, 6) is 0.115. The van der Waals surface area contributed by atoms with Gasteiger partial charge in [-0.3, -0.25) is 9.59 Å². The Morgan fingerprint density at radius 1 is 1.16 bits per heavy atom. The van der Waals surface area contributed by atoms with Gasteiger partial charge < -0.3 is 15.4 Å². The van der Waals surface area contributed by atoms with Crippen molar-refractivity contribution in [3.63, 3.8) is 0 Å². The molecule has 0 bridgehead atoms. The van der Waals surface area contributed by atoms with Crippen LogP contribution >= 0.6 is 0 Å². The minimum absolute atomic E-state index is 0.0302. The molecule has 1 aliphatic rings. The van der Waals surface area contributed by atoms with Crippen LogP contribution in [0.15, 0.2) is 42.5 Å². The second kappa shape index (κ2) is 7.83. The zero-order chi connectivity index (χ0) is 17.6. The second-order valence-electron chi connectivity index (χ2n) is 6.16. The summed E-state index contributed by atoms with van der Waals surface area (Å²) in [6.07, 6.45) is 4.70. The first kappa shape index (κ1) is 17.0. The Hall–Kier alpha value is -2.82. The number of rotatable bonds is 6. The van der Waals surface area contributed by atoms with Crippen molar-refractivity contribution in [2.45, 2.75) is 32.6 Å². The molecule has 0 fully saturated rings. The molecule has 0 atom stereocenters. The fourth-order valence-corrected chi connectivity index (χ4v) is 2.75. The van der Waals surface area contributed by atoms with E-state index in [0.29, 0.717) is 17.0 Å². The first-order valence-electron chi connectivity index (χ1n) is 8.62. The summed E-state index contributed by atoms with van der Waals surface area (Å²) in [5.41, 5.74) is 3.12. The number of nitrogens with one attached hydrogen (secondary N) is 2. The Morgan fingerprint density at radius 2 is 1.96 bits per heavy atom. The fraction of sp³-hybridized carbons (Fsp3) is 0.300. The van der Waals surface area contributed by atoms with E-state index >= 15 is 0 Å². The summed E-state index contributed by atoms with van der Waals surface area (Å²) >= 11 is 0. The van der Waals surface area contributed by atoms with E-state index in [2.05, 4.69) is 29.7 Å². The Labute approximate surface area is 147 Å². The number of aryl methyl sites for hydroxylation is 1. The molecule has 5 nitrogen and oxygen atoms in total. The summed E-state index contributed by atoms with van der Waals surface area (Å²) in [6.45, 7) is 2.16. The van der Waals surface area contributed by atoms with Gasteiger partial charge in [-0.15, -0.1) is 0 Å². The van der Waals surface area contributed by atoms with Crippen molar-refractivity contribution in [3.8, 4) is 5.75 Å². The molecule has 0 unspecified atom stereocenters. The molecule has 0 aliphatic carbocycles. The van der Waals surface area contributed by atoms with Crippen LogP contribution in [0, 0.1) is 0 Å². The van der Waals surface area contributed by atoms with Crippen molar-refractivity contribution in [2.75, 3.05) is 17.2 Å². The van der Waals surface area contributed by atoms with Crippen LogP contribution in [0.4, 0.5) is 11.4 Å². The average Bonchev–Trinajstić information content (AvgIpc) is 2.63. The van der Waals surface area contributed by atoms with Crippen molar-refractivity contribution in [3.05, 3.63) is 53.6 Å². The van der Waals surface area contributed by atoms with E-state index in [9.17, 15) is 9.59 Å². The van der Waals surface area contributed by atoms with Crippen LogP contribution in [0.25, 0.3) is 0 Å². The smallest absolute Gasteiger partial charge is 0.262 e. The summed E-state index contributed by atoms with van der Waals surface area (Å²) in [5, 5.41) is 5.59. The molecule has 130 valence electrons. The second-order valence-corrected chi connectivity index (χ2v) is 6.16. The maximum Gasteiger partial charge on any atom is 0.262 e. The minimum Gasteiger partial charge on any atom is -0.482 e. The number of unbranched alkanes of at least 4 members (excludes halogenated alkanes) is 2. The molecule has 2 amide bonds. The molecule has 0 saturated carbocycles. The number of anilines is 2. The van der Waals surface area contributed by atoms with Crippen LogP contribution in [0.5, 0.6) is 5.75 Å². The van der Waals surface area contributed by atoms with Crippen molar-refractivity contribution in [1.29, 1.82) is 0 Å². The zero-order valence-corrected chi connectivity index (χ0v) is 14.3. The van der Waals surface area contributed by atoms with Gasteiger partial charge in [-0.05, 0) is 48.7 Å². The number of benzene rings is 2. The lowest BCUT2D eigenvalue weighted by molar-refractivity contribution is -0.118. The highest BCUT2D eigenvalue weighted by molar-refractivity contribution is 6.05. The Bertz CT molecular complexity index is 769. The Kier molecular flexibility index (Phi) is 5.33. The first-order valence-corrected chi connectivity index (χ1v) is 8.62. The van der Waals surface area contributed by atoms with E-state index in [1.165, 1.54) is 24.8 Å². The molecular weight excluding hydrogens is 316 g/mol. The van der Waals surface area contributed by atoms with E-state index in [4.69, 9.17) is 4.74 Å². The number of amides is 2. The third kappa shape index (κ3) is 4.38. The SMILES string of the molecule is CCCCCc1ccc(NC(=O)c2ccc3c(c2)OCC(=O)N3)cc1. The van der Waals surface area contributed by atoms with Gasteiger partial charge in [-0.2, -0.15) is 0 Å². The lowest BCUT2D eigenvalue weighted by atomic mass is 10.1. The van der Waals surface area contributed by atoms with Crippen molar-refractivity contribution < 1.29 is 14.3 Å². The summed E-state index contributed by atoms with van der Waals surface area (Å²) in [4.78, 5) is 23.7. The molecule has 2 aromatic rings. The van der Waals surface area contributed by atoms with Crippen LogP contribution in [-0.4, -0.2) is 18.4 Å². The molecule has 0 saturated heterocycles. The average molecular weight is 338 g/mol. The van der Waals surface area contributed by atoms with Gasteiger partial charge in [0.05, 0.1) is 5.69 Å². The minimum atomic E-state index is -0.206. The fourth-order valence-electron chi connectivity index (χ4n) is 2.75. The van der Waals surface area contributed by atoms with Gasteiger partial charge in [0.25, 0.3) is 11.8 Å². The predicted octanol–water partition coefficient (Wildman–Crippen LogP) is 4.00. The molecule has 2 aromatic carbocycles. The van der Waals surface area contributed by atoms with Gasteiger partial charge >= 0.3 is 0 Å². The first-order chi connectivity index (χ1) is 12.2. The maximum atomic E-state index is 12.4.